The molecule has 4 rings (SSSR count). The van der Waals surface area contributed by atoms with Crippen molar-refractivity contribution in [3.8, 4) is 11.1 Å². The number of hydrogen-bond acceptors (Lipinski definition) is 3. The number of hydrogen-bond donors (Lipinski definition) is 0. The van der Waals surface area contributed by atoms with E-state index in [-0.39, 0.29) is 11.6 Å². The summed E-state index contributed by atoms with van der Waals surface area (Å²) in [5.41, 5.74) is 4.61. The van der Waals surface area contributed by atoms with Crippen LogP contribution in [0.5, 0.6) is 0 Å². The predicted molar refractivity (Wildman–Crippen MR) is 91.0 cm³/mol. The summed E-state index contributed by atoms with van der Waals surface area (Å²) in [5.74, 6) is -0.615. The lowest BCUT2D eigenvalue weighted by atomic mass is 10.0. The maximum Gasteiger partial charge on any atom is 0.141 e. The van der Waals surface area contributed by atoms with Crippen molar-refractivity contribution in [3.05, 3.63) is 77.9 Å². The summed E-state index contributed by atoms with van der Waals surface area (Å²) in [6.07, 6.45) is 6.19. The van der Waals surface area contributed by atoms with E-state index in [1.165, 1.54) is 18.3 Å². The predicted octanol–water partition coefficient (Wildman–Crippen LogP) is 4.13. The highest BCUT2D eigenvalue weighted by Gasteiger charge is 2.09. The molecule has 4 nitrogen and oxygen atoms in total. The molecule has 0 aliphatic heterocycles. The molecule has 0 unspecified atom stereocenters. The van der Waals surface area contributed by atoms with Gasteiger partial charge >= 0.3 is 0 Å². The summed E-state index contributed by atoms with van der Waals surface area (Å²) in [6, 6.07) is 8.35. The van der Waals surface area contributed by atoms with E-state index in [4.69, 9.17) is 0 Å². The molecule has 0 N–H and O–H groups in total. The summed E-state index contributed by atoms with van der Waals surface area (Å²) in [6.45, 7) is 2.12. The summed E-state index contributed by atoms with van der Waals surface area (Å²) in [5, 5.41) is 4.33. The van der Waals surface area contributed by atoms with Crippen LogP contribution in [0.2, 0.25) is 0 Å². The zero-order chi connectivity index (χ0) is 17.4. The Morgan fingerprint density at radius 1 is 0.960 bits per heavy atom. The fourth-order valence-electron chi connectivity index (χ4n) is 2.78. The van der Waals surface area contributed by atoms with Crippen molar-refractivity contribution in [1.82, 2.24) is 19.7 Å². The molecule has 6 heteroatoms. The average Bonchev–Trinajstić information content (AvgIpc) is 2.99. The maximum absolute atomic E-state index is 13.5. The molecule has 25 heavy (non-hydrogen) atoms. The van der Waals surface area contributed by atoms with Gasteiger partial charge in [0.25, 0.3) is 0 Å². The van der Waals surface area contributed by atoms with Crippen molar-refractivity contribution >= 4 is 11.0 Å². The van der Waals surface area contributed by atoms with Crippen molar-refractivity contribution in [1.29, 1.82) is 0 Å². The number of aromatic nitrogens is 4. The van der Waals surface area contributed by atoms with E-state index < -0.39 is 0 Å². The summed E-state index contributed by atoms with van der Waals surface area (Å²) in [4.78, 5) is 8.28. The Balaban J connectivity index is 1.75. The van der Waals surface area contributed by atoms with Gasteiger partial charge < -0.3 is 0 Å². The molecule has 0 fully saturated rings. The van der Waals surface area contributed by atoms with Gasteiger partial charge in [-0.2, -0.15) is 5.10 Å². The maximum atomic E-state index is 13.5. The number of nitrogens with zero attached hydrogens (tertiary/aromatic N) is 4. The van der Waals surface area contributed by atoms with Crippen LogP contribution in [-0.2, 0) is 6.54 Å². The molecule has 4 aromatic rings. The van der Waals surface area contributed by atoms with Crippen LogP contribution in [0.25, 0.3) is 22.2 Å². The Bertz CT molecular complexity index is 1070. The minimum atomic E-state index is -0.380. The molecule has 3 heterocycles. The lowest BCUT2D eigenvalue weighted by molar-refractivity contribution is 0.613. The Kier molecular flexibility index (Phi) is 3.72. The smallest absolute Gasteiger partial charge is 0.141 e. The van der Waals surface area contributed by atoms with Crippen molar-refractivity contribution in [2.24, 2.45) is 0 Å². The topological polar surface area (TPSA) is 43.6 Å². The van der Waals surface area contributed by atoms with Gasteiger partial charge in [0.1, 0.15) is 17.2 Å². The second-order valence-corrected chi connectivity index (χ2v) is 5.91. The number of aryl methyl sites for hydroxylation is 1. The Morgan fingerprint density at radius 2 is 1.84 bits per heavy atom. The van der Waals surface area contributed by atoms with Crippen LogP contribution in [0, 0.1) is 18.6 Å². The number of halogens is 2. The van der Waals surface area contributed by atoms with E-state index >= 15 is 0 Å². The van der Waals surface area contributed by atoms with E-state index in [9.17, 15) is 8.78 Å². The van der Waals surface area contributed by atoms with Crippen molar-refractivity contribution in [2.45, 2.75) is 13.5 Å². The molecule has 124 valence electrons. The first kappa shape index (κ1) is 15.4. The Morgan fingerprint density at radius 3 is 2.64 bits per heavy atom. The van der Waals surface area contributed by atoms with Gasteiger partial charge in [0.2, 0.25) is 0 Å². The summed E-state index contributed by atoms with van der Waals surface area (Å²) < 4.78 is 28.6. The number of rotatable bonds is 3. The standard InChI is InChI=1S/C19H14F2N4/c1-12-4-14(2-3-17(12)21)15-6-19-18(23-8-15)10-24-25(19)11-13-5-16(20)9-22-7-13/h2-10H,11H2,1H3. The minimum absolute atomic E-state index is 0.235. The third-order valence-corrected chi connectivity index (χ3v) is 4.08. The summed E-state index contributed by atoms with van der Waals surface area (Å²) in [7, 11) is 0. The van der Waals surface area contributed by atoms with E-state index in [2.05, 4.69) is 15.1 Å². The largest absolute Gasteiger partial charge is 0.261 e. The zero-order valence-corrected chi connectivity index (χ0v) is 13.4. The van der Waals surface area contributed by atoms with Gasteiger partial charge in [-0.3, -0.25) is 14.6 Å². The molecule has 3 aromatic heterocycles. The molecular weight excluding hydrogens is 322 g/mol. The van der Waals surface area contributed by atoms with Gasteiger partial charge in [0, 0.05) is 18.0 Å². The van der Waals surface area contributed by atoms with E-state index in [0.29, 0.717) is 17.7 Å². The molecule has 1 aromatic carbocycles. The van der Waals surface area contributed by atoms with Crippen molar-refractivity contribution < 1.29 is 8.78 Å². The summed E-state index contributed by atoms with van der Waals surface area (Å²) >= 11 is 0. The SMILES string of the molecule is Cc1cc(-c2cnc3cnn(Cc4cncc(F)c4)c3c2)ccc1F. The normalized spacial score (nSPS) is 11.2. The van der Waals surface area contributed by atoms with E-state index in [0.717, 1.165) is 22.2 Å². The highest BCUT2D eigenvalue weighted by atomic mass is 19.1. The van der Waals surface area contributed by atoms with Gasteiger partial charge in [-0.1, -0.05) is 6.07 Å². The van der Waals surface area contributed by atoms with Crippen LogP contribution < -0.4 is 0 Å². The first-order chi connectivity index (χ1) is 12.1. The quantitative estimate of drug-likeness (QED) is 0.565. The van der Waals surface area contributed by atoms with Gasteiger partial charge in [-0.15, -0.1) is 0 Å². The molecule has 0 saturated heterocycles. The van der Waals surface area contributed by atoms with Gasteiger partial charge in [0.15, 0.2) is 0 Å². The highest BCUT2D eigenvalue weighted by Crippen LogP contribution is 2.24. The lowest BCUT2D eigenvalue weighted by Gasteiger charge is -2.07. The molecule has 0 radical (unpaired) electrons. The Labute approximate surface area is 142 Å². The van der Waals surface area contributed by atoms with E-state index in [1.54, 1.807) is 42.3 Å². The average molecular weight is 336 g/mol. The van der Waals surface area contributed by atoms with Crippen LogP contribution >= 0.6 is 0 Å². The van der Waals surface area contributed by atoms with Crippen LogP contribution in [0.1, 0.15) is 11.1 Å². The molecule has 0 atom stereocenters. The van der Waals surface area contributed by atoms with Crippen molar-refractivity contribution in [3.63, 3.8) is 0 Å². The molecule has 0 aliphatic rings. The zero-order valence-electron chi connectivity index (χ0n) is 13.4. The fraction of sp³-hybridized carbons (Fsp3) is 0.105. The molecular formula is C19H14F2N4. The molecule has 0 amide bonds. The fourth-order valence-corrected chi connectivity index (χ4v) is 2.78. The van der Waals surface area contributed by atoms with Gasteiger partial charge in [-0.05, 0) is 47.9 Å². The van der Waals surface area contributed by atoms with E-state index in [1.807, 2.05) is 6.07 Å². The number of benzene rings is 1. The Hall–Kier alpha value is -3.15. The molecule has 0 bridgehead atoms. The first-order valence-electron chi connectivity index (χ1n) is 7.78. The van der Waals surface area contributed by atoms with Crippen molar-refractivity contribution in [2.75, 3.05) is 0 Å². The molecule has 0 aliphatic carbocycles. The minimum Gasteiger partial charge on any atom is -0.261 e. The van der Waals surface area contributed by atoms with Crippen LogP contribution in [0.15, 0.2) is 55.1 Å². The third kappa shape index (κ3) is 2.98. The monoisotopic (exact) mass is 336 g/mol. The van der Waals surface area contributed by atoms with Crippen LogP contribution in [-0.4, -0.2) is 19.7 Å². The second-order valence-electron chi connectivity index (χ2n) is 5.91. The van der Waals surface area contributed by atoms with Crippen LogP contribution in [0.4, 0.5) is 8.78 Å². The number of fused-ring (bicyclic) bond motifs is 1. The molecule has 0 saturated carbocycles. The van der Waals surface area contributed by atoms with Gasteiger partial charge in [0.05, 0.1) is 24.5 Å². The number of pyridine rings is 2. The first-order valence-corrected chi connectivity index (χ1v) is 7.78. The highest BCUT2D eigenvalue weighted by molar-refractivity contribution is 5.80. The van der Waals surface area contributed by atoms with Gasteiger partial charge in [-0.25, -0.2) is 8.78 Å². The second kappa shape index (κ2) is 6.05. The molecule has 0 spiro atoms. The lowest BCUT2D eigenvalue weighted by Crippen LogP contribution is -2.02. The van der Waals surface area contributed by atoms with Crippen LogP contribution in [0.3, 0.4) is 0 Å². The third-order valence-electron chi connectivity index (χ3n) is 4.08.